The van der Waals surface area contributed by atoms with E-state index >= 15 is 0 Å². The summed E-state index contributed by atoms with van der Waals surface area (Å²) in [4.78, 5) is 4.33. The first-order chi connectivity index (χ1) is 8.84. The highest BCUT2D eigenvalue weighted by molar-refractivity contribution is 5.84. The van der Waals surface area contributed by atoms with Crippen LogP contribution in [-0.4, -0.2) is 4.98 Å². The highest BCUT2D eigenvalue weighted by Crippen LogP contribution is 2.29. The normalized spacial score (nSPS) is 10.5. The van der Waals surface area contributed by atoms with Gasteiger partial charge in [0.05, 0.1) is 5.52 Å². The van der Waals surface area contributed by atoms with E-state index in [-0.39, 0.29) is 0 Å². The van der Waals surface area contributed by atoms with Crippen LogP contribution in [0, 0.1) is 6.92 Å². The van der Waals surface area contributed by atoms with Gasteiger partial charge < -0.3 is 4.74 Å². The Kier molecular flexibility index (Phi) is 2.69. The zero-order chi connectivity index (χ0) is 12.4. The Hall–Kier alpha value is -2.35. The molecule has 3 aromatic rings. The van der Waals surface area contributed by atoms with Crippen molar-refractivity contribution in [1.29, 1.82) is 0 Å². The maximum atomic E-state index is 5.98. The molecule has 1 heterocycles. The highest BCUT2D eigenvalue weighted by atomic mass is 16.5. The van der Waals surface area contributed by atoms with Gasteiger partial charge in [-0.15, -0.1) is 0 Å². The second-order valence-corrected chi connectivity index (χ2v) is 4.19. The first kappa shape index (κ1) is 10.8. The number of aromatic nitrogens is 1. The SMILES string of the molecule is Cc1ccccc1Oc1ccnc2ccccc12. The van der Waals surface area contributed by atoms with Crippen LogP contribution in [0.4, 0.5) is 0 Å². The Labute approximate surface area is 106 Å². The maximum absolute atomic E-state index is 5.98. The Morgan fingerprint density at radius 1 is 0.833 bits per heavy atom. The van der Waals surface area contributed by atoms with E-state index in [0.717, 1.165) is 28.0 Å². The molecule has 0 saturated heterocycles. The van der Waals surface area contributed by atoms with Gasteiger partial charge in [0.1, 0.15) is 11.5 Å². The van der Waals surface area contributed by atoms with Crippen LogP contribution in [0.5, 0.6) is 11.5 Å². The van der Waals surface area contributed by atoms with Crippen molar-refractivity contribution in [2.45, 2.75) is 6.92 Å². The quantitative estimate of drug-likeness (QED) is 0.659. The Balaban J connectivity index is 2.08. The van der Waals surface area contributed by atoms with E-state index in [1.165, 1.54) is 0 Å². The molecule has 2 nitrogen and oxygen atoms in total. The smallest absolute Gasteiger partial charge is 0.138 e. The lowest BCUT2D eigenvalue weighted by atomic mass is 10.2. The molecule has 0 bridgehead atoms. The van der Waals surface area contributed by atoms with E-state index in [2.05, 4.69) is 4.98 Å². The molecule has 0 aliphatic rings. The van der Waals surface area contributed by atoms with Gasteiger partial charge in [-0.1, -0.05) is 30.3 Å². The van der Waals surface area contributed by atoms with Crippen LogP contribution in [-0.2, 0) is 0 Å². The lowest BCUT2D eigenvalue weighted by Crippen LogP contribution is -1.89. The Morgan fingerprint density at radius 2 is 1.61 bits per heavy atom. The van der Waals surface area contributed by atoms with Gasteiger partial charge in [0, 0.05) is 11.6 Å². The molecule has 88 valence electrons. The van der Waals surface area contributed by atoms with Crippen LogP contribution in [0.15, 0.2) is 60.8 Å². The first-order valence-corrected chi connectivity index (χ1v) is 5.92. The number of hydrogen-bond donors (Lipinski definition) is 0. The summed E-state index contributed by atoms with van der Waals surface area (Å²) in [7, 11) is 0. The van der Waals surface area contributed by atoms with Crippen LogP contribution in [0.2, 0.25) is 0 Å². The summed E-state index contributed by atoms with van der Waals surface area (Å²) >= 11 is 0. The zero-order valence-corrected chi connectivity index (χ0v) is 10.1. The Morgan fingerprint density at radius 3 is 2.50 bits per heavy atom. The fraction of sp³-hybridized carbons (Fsp3) is 0.0625. The molecule has 0 aliphatic carbocycles. The number of hydrogen-bond acceptors (Lipinski definition) is 2. The number of ether oxygens (including phenoxy) is 1. The number of para-hydroxylation sites is 2. The van der Waals surface area contributed by atoms with Gasteiger partial charge >= 0.3 is 0 Å². The topological polar surface area (TPSA) is 22.1 Å². The predicted molar refractivity (Wildman–Crippen MR) is 73.0 cm³/mol. The largest absolute Gasteiger partial charge is 0.456 e. The number of nitrogens with zero attached hydrogens (tertiary/aromatic N) is 1. The van der Waals surface area contributed by atoms with E-state index in [1.807, 2.05) is 61.5 Å². The molecule has 0 fully saturated rings. The van der Waals surface area contributed by atoms with Crippen molar-refractivity contribution < 1.29 is 4.74 Å². The summed E-state index contributed by atoms with van der Waals surface area (Å²) < 4.78 is 5.98. The number of rotatable bonds is 2. The minimum absolute atomic E-state index is 0.843. The highest BCUT2D eigenvalue weighted by Gasteiger charge is 2.04. The lowest BCUT2D eigenvalue weighted by Gasteiger charge is -2.10. The maximum Gasteiger partial charge on any atom is 0.138 e. The van der Waals surface area contributed by atoms with Gasteiger partial charge in [0.2, 0.25) is 0 Å². The van der Waals surface area contributed by atoms with E-state index < -0.39 is 0 Å². The average Bonchev–Trinajstić information content (AvgIpc) is 2.42. The third-order valence-electron chi connectivity index (χ3n) is 2.92. The van der Waals surface area contributed by atoms with Gasteiger partial charge in [-0.25, -0.2) is 0 Å². The van der Waals surface area contributed by atoms with Crippen molar-refractivity contribution in [1.82, 2.24) is 4.98 Å². The minimum atomic E-state index is 0.843. The van der Waals surface area contributed by atoms with Crippen LogP contribution >= 0.6 is 0 Å². The van der Waals surface area contributed by atoms with Gasteiger partial charge in [-0.05, 0) is 36.8 Å². The van der Waals surface area contributed by atoms with Crippen LogP contribution in [0.25, 0.3) is 10.9 Å². The summed E-state index contributed by atoms with van der Waals surface area (Å²) in [6.07, 6.45) is 1.77. The van der Waals surface area contributed by atoms with Crippen molar-refractivity contribution in [2.24, 2.45) is 0 Å². The fourth-order valence-electron chi connectivity index (χ4n) is 1.95. The molecular weight excluding hydrogens is 222 g/mol. The molecule has 1 aromatic heterocycles. The molecule has 0 aliphatic heterocycles. The van der Waals surface area contributed by atoms with E-state index in [4.69, 9.17) is 4.74 Å². The van der Waals surface area contributed by atoms with Gasteiger partial charge in [0.15, 0.2) is 0 Å². The summed E-state index contributed by atoms with van der Waals surface area (Å²) in [5.74, 6) is 1.73. The Bertz CT molecular complexity index is 686. The summed E-state index contributed by atoms with van der Waals surface area (Å²) in [6, 6.07) is 17.9. The summed E-state index contributed by atoms with van der Waals surface area (Å²) in [6.45, 7) is 2.04. The first-order valence-electron chi connectivity index (χ1n) is 5.92. The predicted octanol–water partition coefficient (Wildman–Crippen LogP) is 4.34. The molecule has 0 spiro atoms. The third kappa shape index (κ3) is 1.93. The molecule has 2 heteroatoms. The standard InChI is InChI=1S/C16H13NO/c1-12-6-2-5-9-15(12)18-16-10-11-17-14-8-4-3-7-13(14)16/h2-11H,1H3. The minimum Gasteiger partial charge on any atom is -0.456 e. The molecule has 3 rings (SSSR count). The number of fused-ring (bicyclic) bond motifs is 1. The molecule has 0 radical (unpaired) electrons. The number of benzene rings is 2. The monoisotopic (exact) mass is 235 g/mol. The van der Waals surface area contributed by atoms with Gasteiger partial charge in [-0.3, -0.25) is 4.98 Å². The molecule has 0 N–H and O–H groups in total. The molecule has 2 aromatic carbocycles. The van der Waals surface area contributed by atoms with Crippen molar-refractivity contribution in [2.75, 3.05) is 0 Å². The van der Waals surface area contributed by atoms with Crippen molar-refractivity contribution in [3.05, 3.63) is 66.4 Å². The fourth-order valence-corrected chi connectivity index (χ4v) is 1.95. The van der Waals surface area contributed by atoms with Crippen LogP contribution in [0.1, 0.15) is 5.56 Å². The van der Waals surface area contributed by atoms with E-state index in [9.17, 15) is 0 Å². The zero-order valence-electron chi connectivity index (χ0n) is 10.1. The van der Waals surface area contributed by atoms with Crippen LogP contribution in [0.3, 0.4) is 0 Å². The lowest BCUT2D eigenvalue weighted by molar-refractivity contribution is 0.484. The van der Waals surface area contributed by atoms with Crippen molar-refractivity contribution in [3.63, 3.8) is 0 Å². The van der Waals surface area contributed by atoms with Gasteiger partial charge in [0.25, 0.3) is 0 Å². The molecule has 0 amide bonds. The van der Waals surface area contributed by atoms with E-state index in [1.54, 1.807) is 6.20 Å². The molecule has 18 heavy (non-hydrogen) atoms. The second-order valence-electron chi connectivity index (χ2n) is 4.19. The third-order valence-corrected chi connectivity index (χ3v) is 2.92. The van der Waals surface area contributed by atoms with E-state index in [0.29, 0.717) is 0 Å². The molecular formula is C16H13NO. The second kappa shape index (κ2) is 4.49. The number of pyridine rings is 1. The van der Waals surface area contributed by atoms with Gasteiger partial charge in [-0.2, -0.15) is 0 Å². The average molecular weight is 235 g/mol. The van der Waals surface area contributed by atoms with Crippen molar-refractivity contribution >= 4 is 10.9 Å². The number of aryl methyl sites for hydroxylation is 1. The molecule has 0 atom stereocenters. The summed E-state index contributed by atoms with van der Waals surface area (Å²) in [5.41, 5.74) is 2.07. The summed E-state index contributed by atoms with van der Waals surface area (Å²) in [5, 5.41) is 1.03. The molecule has 0 saturated carbocycles. The van der Waals surface area contributed by atoms with Crippen molar-refractivity contribution in [3.8, 4) is 11.5 Å². The van der Waals surface area contributed by atoms with Crippen LogP contribution < -0.4 is 4.74 Å². The molecule has 0 unspecified atom stereocenters.